The van der Waals surface area contributed by atoms with Crippen LogP contribution in [0.5, 0.6) is 0 Å². The average molecular weight is 441 g/mol. The molecule has 2 heterocycles. The molecule has 29 heavy (non-hydrogen) atoms. The number of aliphatic hydroxyl groups is 3. The lowest BCUT2D eigenvalue weighted by atomic mass is 9.97. The summed E-state index contributed by atoms with van der Waals surface area (Å²) in [5.41, 5.74) is 0. The van der Waals surface area contributed by atoms with Gasteiger partial charge in [-0.2, -0.15) is 8.42 Å². The van der Waals surface area contributed by atoms with Crippen molar-refractivity contribution in [3.63, 3.8) is 0 Å². The molecule has 2 fully saturated rings. The van der Waals surface area contributed by atoms with E-state index in [0.29, 0.717) is 0 Å². The summed E-state index contributed by atoms with van der Waals surface area (Å²) in [6.45, 7) is 0.621. The van der Waals surface area contributed by atoms with Crippen molar-refractivity contribution in [1.82, 2.24) is 16.0 Å². The van der Waals surface area contributed by atoms with E-state index >= 15 is 0 Å². The molecule has 0 aromatic rings. The van der Waals surface area contributed by atoms with Gasteiger partial charge in [-0.15, -0.1) is 0 Å². The van der Waals surface area contributed by atoms with Crippen molar-refractivity contribution in [2.45, 2.75) is 56.1 Å². The molecule has 0 radical (unpaired) electrons. The summed E-state index contributed by atoms with van der Waals surface area (Å²) >= 11 is 0. The Kier molecular flexibility index (Phi) is 8.30. The van der Waals surface area contributed by atoms with Crippen LogP contribution in [-0.2, 0) is 29.2 Å². The van der Waals surface area contributed by atoms with Crippen molar-refractivity contribution < 1.29 is 47.4 Å². The summed E-state index contributed by atoms with van der Waals surface area (Å²) in [6, 6.07) is -1.78. The molecule has 0 spiro atoms. The van der Waals surface area contributed by atoms with E-state index in [-0.39, 0.29) is 19.5 Å². The Morgan fingerprint density at radius 2 is 1.97 bits per heavy atom. The number of carbonyl (C=O) groups excluding carboxylic acids is 2. The largest absolute Gasteiger partial charge is 0.394 e. The quantitative estimate of drug-likeness (QED) is 0.179. The molecular formula is C15H27N3O10S. The first-order valence-electron chi connectivity index (χ1n) is 9.03. The lowest BCUT2D eigenvalue weighted by Gasteiger charge is -2.42. The number of carbonyl (C=O) groups is 2. The molecule has 2 aliphatic rings. The highest BCUT2D eigenvalue weighted by atomic mass is 32.2. The van der Waals surface area contributed by atoms with Gasteiger partial charge in [-0.25, -0.2) is 0 Å². The standard InChI is InChI=1S/C15H27N3O10S/c1-7(20)18-11-13(22)12(21)10(6-19)28-15(11)27-8-4-9(17-5-8)14(23)16-2-3-29(24,25)26/h8-13,15,17,19,21-22H,2-6H2,1H3,(H,16,23)(H,18,20)(H,24,25,26)/t8-,9-,10+,11+,12+,13+,15+/m0/s1. The van der Waals surface area contributed by atoms with Crippen LogP contribution in [0.3, 0.4) is 0 Å². The summed E-state index contributed by atoms with van der Waals surface area (Å²) in [7, 11) is -4.18. The van der Waals surface area contributed by atoms with Gasteiger partial charge >= 0.3 is 0 Å². The van der Waals surface area contributed by atoms with Gasteiger partial charge in [-0.05, 0) is 6.42 Å². The van der Waals surface area contributed by atoms with Gasteiger partial charge in [0.25, 0.3) is 10.1 Å². The zero-order valence-corrected chi connectivity index (χ0v) is 16.5. The molecule has 2 rings (SSSR count). The minimum absolute atomic E-state index is 0.187. The summed E-state index contributed by atoms with van der Waals surface area (Å²) in [4.78, 5) is 23.5. The maximum Gasteiger partial charge on any atom is 0.266 e. The fourth-order valence-corrected chi connectivity index (χ4v) is 3.57. The van der Waals surface area contributed by atoms with Crippen LogP contribution >= 0.6 is 0 Å². The molecule has 0 aromatic heterocycles. The first kappa shape index (κ1) is 23.9. The third kappa shape index (κ3) is 6.82. The second-order valence-electron chi connectivity index (χ2n) is 6.96. The number of ether oxygens (including phenoxy) is 2. The Balaban J connectivity index is 1.93. The molecule has 2 amide bonds. The van der Waals surface area contributed by atoms with Crippen molar-refractivity contribution in [3.05, 3.63) is 0 Å². The third-order valence-electron chi connectivity index (χ3n) is 4.64. The summed E-state index contributed by atoms with van der Waals surface area (Å²) in [6.07, 6.45) is -5.54. The SMILES string of the molecule is CC(=O)N[C@H]1[C@H](O[C@@H]2CN[C@H](C(=O)NCCS(=O)(=O)O)C2)O[C@H](CO)[C@@H](O)[C@@H]1O. The van der Waals surface area contributed by atoms with Crippen LogP contribution in [0, 0.1) is 0 Å². The normalized spacial score (nSPS) is 35.3. The van der Waals surface area contributed by atoms with Crippen molar-refractivity contribution in [2.75, 3.05) is 25.4 Å². The number of nitrogens with one attached hydrogen (secondary N) is 3. The van der Waals surface area contributed by atoms with Gasteiger partial charge in [0.1, 0.15) is 24.4 Å². The predicted molar refractivity (Wildman–Crippen MR) is 96.1 cm³/mol. The molecule has 0 saturated carbocycles. The highest BCUT2D eigenvalue weighted by molar-refractivity contribution is 7.85. The molecule has 168 valence electrons. The van der Waals surface area contributed by atoms with E-state index in [0.717, 1.165) is 0 Å². The Bertz CT molecular complexity index is 690. The number of rotatable bonds is 8. The first-order valence-corrected chi connectivity index (χ1v) is 10.6. The van der Waals surface area contributed by atoms with E-state index < -0.39 is 77.1 Å². The lowest BCUT2D eigenvalue weighted by molar-refractivity contribution is -0.280. The van der Waals surface area contributed by atoms with E-state index in [2.05, 4.69) is 16.0 Å². The molecule has 0 aliphatic carbocycles. The number of hydrogen-bond donors (Lipinski definition) is 7. The maximum absolute atomic E-state index is 12.1. The fraction of sp³-hybridized carbons (Fsp3) is 0.867. The molecule has 7 N–H and O–H groups in total. The van der Waals surface area contributed by atoms with E-state index in [1.165, 1.54) is 6.92 Å². The van der Waals surface area contributed by atoms with Crippen molar-refractivity contribution in [2.24, 2.45) is 0 Å². The summed E-state index contributed by atoms with van der Waals surface area (Å²) < 4.78 is 41.3. The number of aliphatic hydroxyl groups excluding tert-OH is 3. The molecule has 2 aliphatic heterocycles. The van der Waals surface area contributed by atoms with Gasteiger partial charge in [0, 0.05) is 20.0 Å². The van der Waals surface area contributed by atoms with Crippen LogP contribution in [-0.4, -0.2) is 108 Å². The maximum atomic E-state index is 12.1. The number of hydrogen-bond acceptors (Lipinski definition) is 10. The van der Waals surface area contributed by atoms with E-state index in [1.807, 2.05) is 0 Å². The zero-order chi connectivity index (χ0) is 21.8. The van der Waals surface area contributed by atoms with Crippen LogP contribution in [0.2, 0.25) is 0 Å². The van der Waals surface area contributed by atoms with E-state index in [9.17, 15) is 33.3 Å². The van der Waals surface area contributed by atoms with Crippen LogP contribution in [0.4, 0.5) is 0 Å². The topological polar surface area (TPSA) is 204 Å². The minimum Gasteiger partial charge on any atom is -0.394 e. The van der Waals surface area contributed by atoms with Crippen LogP contribution in [0.25, 0.3) is 0 Å². The van der Waals surface area contributed by atoms with Gasteiger partial charge in [0.15, 0.2) is 6.29 Å². The van der Waals surface area contributed by atoms with Crippen LogP contribution in [0.15, 0.2) is 0 Å². The van der Waals surface area contributed by atoms with Gasteiger partial charge in [0.05, 0.1) is 24.5 Å². The monoisotopic (exact) mass is 441 g/mol. The minimum atomic E-state index is -4.18. The van der Waals surface area contributed by atoms with Gasteiger partial charge in [-0.1, -0.05) is 0 Å². The predicted octanol–water partition coefficient (Wildman–Crippen LogP) is -4.32. The Labute approximate surface area is 167 Å². The lowest BCUT2D eigenvalue weighted by Crippen LogP contribution is -2.65. The highest BCUT2D eigenvalue weighted by Crippen LogP contribution is 2.25. The molecule has 2 saturated heterocycles. The summed E-state index contributed by atoms with van der Waals surface area (Å²) in [5, 5.41) is 37.3. The second kappa shape index (κ2) is 10.1. The van der Waals surface area contributed by atoms with E-state index in [4.69, 9.17) is 14.0 Å². The fourth-order valence-electron chi connectivity index (χ4n) is 3.21. The van der Waals surface area contributed by atoms with Crippen molar-refractivity contribution in [3.8, 4) is 0 Å². The zero-order valence-electron chi connectivity index (χ0n) is 15.7. The third-order valence-corrected chi connectivity index (χ3v) is 5.36. The van der Waals surface area contributed by atoms with Gasteiger partial charge < -0.3 is 40.7 Å². The molecule has 7 atom stereocenters. The Hall–Kier alpha value is -1.39. The van der Waals surface area contributed by atoms with Gasteiger partial charge in [-0.3, -0.25) is 14.1 Å². The van der Waals surface area contributed by atoms with E-state index in [1.54, 1.807) is 0 Å². The molecule has 14 heteroatoms. The Morgan fingerprint density at radius 3 is 2.55 bits per heavy atom. The van der Waals surface area contributed by atoms with Crippen LogP contribution < -0.4 is 16.0 Å². The van der Waals surface area contributed by atoms with Crippen LogP contribution in [0.1, 0.15) is 13.3 Å². The average Bonchev–Trinajstić information content (AvgIpc) is 3.08. The first-order chi connectivity index (χ1) is 13.5. The molecule has 0 bridgehead atoms. The smallest absolute Gasteiger partial charge is 0.266 e. The second-order valence-corrected chi connectivity index (χ2v) is 8.54. The van der Waals surface area contributed by atoms with Gasteiger partial charge in [0.2, 0.25) is 11.8 Å². The highest BCUT2D eigenvalue weighted by Gasteiger charge is 2.46. The van der Waals surface area contributed by atoms with Crippen molar-refractivity contribution in [1.29, 1.82) is 0 Å². The summed E-state index contributed by atoms with van der Waals surface area (Å²) in [5.74, 6) is -1.57. The van der Waals surface area contributed by atoms with Crippen molar-refractivity contribution >= 4 is 21.9 Å². The Morgan fingerprint density at radius 1 is 1.28 bits per heavy atom. The molecule has 0 aromatic carbocycles. The number of amides is 2. The molecule has 0 unspecified atom stereocenters. The molecular weight excluding hydrogens is 414 g/mol. The molecule has 13 nitrogen and oxygen atoms in total.